The number of likely N-dealkylation sites (tertiary alicyclic amines) is 1. The number of benzene rings is 1. The summed E-state index contributed by atoms with van der Waals surface area (Å²) in [5.74, 6) is 1.22. The minimum Gasteiger partial charge on any atom is -0.464 e. The Morgan fingerprint density at radius 1 is 1.28 bits per heavy atom. The van der Waals surface area contributed by atoms with Gasteiger partial charge in [0.2, 0.25) is 0 Å². The summed E-state index contributed by atoms with van der Waals surface area (Å²) < 4.78 is 18.9. The van der Waals surface area contributed by atoms with E-state index in [1.807, 2.05) is 17.9 Å². The van der Waals surface area contributed by atoms with Crippen molar-refractivity contribution in [3.05, 3.63) is 58.8 Å². The first-order valence-electron chi connectivity index (χ1n) is 8.91. The predicted octanol–water partition coefficient (Wildman–Crippen LogP) is 4.16. The van der Waals surface area contributed by atoms with Crippen LogP contribution in [0, 0.1) is 12.7 Å². The largest absolute Gasteiger partial charge is 0.464 e. The molecule has 1 atom stereocenters. The van der Waals surface area contributed by atoms with E-state index in [4.69, 9.17) is 4.42 Å². The van der Waals surface area contributed by atoms with E-state index in [0.717, 1.165) is 37.4 Å². The molecule has 2 aromatic rings. The highest BCUT2D eigenvalue weighted by Crippen LogP contribution is 2.35. The summed E-state index contributed by atoms with van der Waals surface area (Å²) in [5, 5.41) is 0. The molecule has 0 spiro atoms. The van der Waals surface area contributed by atoms with E-state index < -0.39 is 0 Å². The minimum absolute atomic E-state index is 0.00683. The predicted molar refractivity (Wildman–Crippen MR) is 94.9 cm³/mol. The third kappa shape index (κ3) is 3.61. The molecule has 1 aliphatic rings. The molecule has 0 radical (unpaired) electrons. The number of furan rings is 1. The number of rotatable bonds is 6. The van der Waals surface area contributed by atoms with E-state index >= 15 is 0 Å². The van der Waals surface area contributed by atoms with Gasteiger partial charge in [0, 0.05) is 6.54 Å². The summed E-state index contributed by atoms with van der Waals surface area (Å²) in [6, 6.07) is 8.30. The molecule has 1 fully saturated rings. The molecule has 0 bridgehead atoms. The van der Waals surface area contributed by atoms with Gasteiger partial charge >= 0.3 is 0 Å². The van der Waals surface area contributed by atoms with Crippen LogP contribution in [0.1, 0.15) is 53.8 Å². The van der Waals surface area contributed by atoms with E-state index in [2.05, 4.69) is 18.7 Å². The molecule has 25 heavy (non-hydrogen) atoms. The fourth-order valence-electron chi connectivity index (χ4n) is 3.32. The SMILES string of the molecule is CCN(CC)Cc1cc(C(=O)N2CCC2c2ccc(F)cc2)c(C)o1. The molecule has 1 unspecified atom stereocenters. The van der Waals surface area contributed by atoms with Crippen LogP contribution in [0.25, 0.3) is 0 Å². The number of carbonyl (C=O) groups excluding carboxylic acids is 1. The van der Waals surface area contributed by atoms with Gasteiger partial charge < -0.3 is 9.32 Å². The molecular weight excluding hydrogens is 319 g/mol. The highest BCUT2D eigenvalue weighted by Gasteiger charge is 2.35. The highest BCUT2D eigenvalue weighted by molar-refractivity contribution is 5.96. The second kappa shape index (κ2) is 7.40. The molecular formula is C20H25FN2O2. The lowest BCUT2D eigenvalue weighted by atomic mass is 9.93. The van der Waals surface area contributed by atoms with Gasteiger partial charge in [-0.15, -0.1) is 0 Å². The molecule has 5 heteroatoms. The smallest absolute Gasteiger partial charge is 0.257 e. The molecule has 0 aliphatic carbocycles. The lowest BCUT2D eigenvalue weighted by Gasteiger charge is -2.41. The van der Waals surface area contributed by atoms with Crippen LogP contribution >= 0.6 is 0 Å². The first kappa shape index (κ1) is 17.7. The van der Waals surface area contributed by atoms with Crippen LogP contribution in [0.5, 0.6) is 0 Å². The topological polar surface area (TPSA) is 36.7 Å². The van der Waals surface area contributed by atoms with E-state index in [0.29, 0.717) is 17.9 Å². The molecule has 134 valence electrons. The van der Waals surface area contributed by atoms with Gasteiger partial charge in [0.05, 0.1) is 18.2 Å². The number of hydrogen-bond acceptors (Lipinski definition) is 3. The molecule has 0 N–H and O–H groups in total. The third-order valence-electron chi connectivity index (χ3n) is 5.01. The van der Waals surface area contributed by atoms with Crippen molar-refractivity contribution in [2.45, 2.75) is 39.8 Å². The molecule has 1 saturated heterocycles. The summed E-state index contributed by atoms with van der Waals surface area (Å²) in [6.45, 7) is 9.37. The van der Waals surface area contributed by atoms with Gasteiger partial charge in [-0.3, -0.25) is 9.69 Å². The highest BCUT2D eigenvalue weighted by atomic mass is 19.1. The number of aryl methyl sites for hydroxylation is 1. The number of halogens is 1. The van der Waals surface area contributed by atoms with Crippen LogP contribution < -0.4 is 0 Å². The van der Waals surface area contributed by atoms with Crippen molar-refractivity contribution >= 4 is 5.91 Å². The maximum absolute atomic E-state index is 13.1. The van der Waals surface area contributed by atoms with Crippen molar-refractivity contribution in [2.75, 3.05) is 19.6 Å². The Morgan fingerprint density at radius 3 is 2.52 bits per heavy atom. The van der Waals surface area contributed by atoms with Crippen LogP contribution in [-0.4, -0.2) is 35.3 Å². The maximum atomic E-state index is 13.1. The summed E-state index contributed by atoms with van der Waals surface area (Å²) in [4.78, 5) is 17.0. The number of hydrogen-bond donors (Lipinski definition) is 0. The van der Waals surface area contributed by atoms with Crippen LogP contribution in [-0.2, 0) is 6.54 Å². The zero-order valence-electron chi connectivity index (χ0n) is 15.1. The van der Waals surface area contributed by atoms with Gasteiger partial charge in [0.15, 0.2) is 0 Å². The van der Waals surface area contributed by atoms with Crippen molar-refractivity contribution in [1.29, 1.82) is 0 Å². The van der Waals surface area contributed by atoms with Gasteiger partial charge in [0.25, 0.3) is 5.91 Å². The van der Waals surface area contributed by atoms with Crippen molar-refractivity contribution in [3.8, 4) is 0 Å². The first-order chi connectivity index (χ1) is 12.0. The zero-order valence-corrected chi connectivity index (χ0v) is 15.1. The lowest BCUT2D eigenvalue weighted by Crippen LogP contribution is -2.45. The van der Waals surface area contributed by atoms with Crippen molar-refractivity contribution in [1.82, 2.24) is 9.80 Å². The van der Waals surface area contributed by atoms with Gasteiger partial charge in [-0.25, -0.2) is 4.39 Å². The maximum Gasteiger partial charge on any atom is 0.257 e. The Morgan fingerprint density at radius 2 is 1.96 bits per heavy atom. The summed E-state index contributed by atoms with van der Waals surface area (Å²) in [6.07, 6.45) is 0.903. The minimum atomic E-state index is -0.257. The number of carbonyl (C=O) groups is 1. The first-order valence-corrected chi connectivity index (χ1v) is 8.91. The summed E-state index contributed by atoms with van der Waals surface area (Å²) >= 11 is 0. The quantitative estimate of drug-likeness (QED) is 0.790. The Balaban J connectivity index is 1.74. The monoisotopic (exact) mass is 344 g/mol. The summed E-state index contributed by atoms with van der Waals surface area (Å²) in [5.41, 5.74) is 1.61. The standard InChI is InChI=1S/C20H25FN2O2/c1-4-22(5-2)13-17-12-18(14(3)25-17)20(24)23-11-10-19(23)15-6-8-16(21)9-7-15/h6-9,12,19H,4-5,10-11,13H2,1-3H3. The summed E-state index contributed by atoms with van der Waals surface area (Å²) in [7, 11) is 0. The lowest BCUT2D eigenvalue weighted by molar-refractivity contribution is 0.0458. The average Bonchev–Trinajstić information content (AvgIpc) is 2.94. The average molecular weight is 344 g/mol. The Bertz CT molecular complexity index is 735. The van der Waals surface area contributed by atoms with Gasteiger partial charge in [0.1, 0.15) is 17.3 Å². The van der Waals surface area contributed by atoms with Gasteiger partial charge in [-0.1, -0.05) is 26.0 Å². The van der Waals surface area contributed by atoms with Crippen molar-refractivity contribution < 1.29 is 13.6 Å². The molecule has 1 amide bonds. The van der Waals surface area contributed by atoms with Crippen LogP contribution in [0.4, 0.5) is 4.39 Å². The second-order valence-corrected chi connectivity index (χ2v) is 6.50. The van der Waals surface area contributed by atoms with Crippen molar-refractivity contribution in [2.24, 2.45) is 0 Å². The van der Waals surface area contributed by atoms with E-state index in [9.17, 15) is 9.18 Å². The number of amides is 1. The van der Waals surface area contributed by atoms with E-state index in [-0.39, 0.29) is 17.8 Å². The van der Waals surface area contributed by atoms with Gasteiger partial charge in [-0.05, 0) is 50.2 Å². The van der Waals surface area contributed by atoms with Gasteiger partial charge in [-0.2, -0.15) is 0 Å². The normalized spacial score (nSPS) is 17.0. The zero-order chi connectivity index (χ0) is 18.0. The molecule has 4 nitrogen and oxygen atoms in total. The molecule has 3 rings (SSSR count). The third-order valence-corrected chi connectivity index (χ3v) is 5.01. The molecule has 1 aliphatic heterocycles. The van der Waals surface area contributed by atoms with Crippen LogP contribution in [0.15, 0.2) is 34.7 Å². The molecule has 1 aromatic heterocycles. The van der Waals surface area contributed by atoms with Crippen LogP contribution in [0.3, 0.4) is 0 Å². The van der Waals surface area contributed by atoms with Crippen LogP contribution in [0.2, 0.25) is 0 Å². The molecule has 1 aromatic carbocycles. The fraction of sp³-hybridized carbons (Fsp3) is 0.450. The Hall–Kier alpha value is -2.14. The number of nitrogens with zero attached hydrogens (tertiary/aromatic N) is 2. The second-order valence-electron chi connectivity index (χ2n) is 6.50. The Kier molecular flexibility index (Phi) is 5.23. The fourth-order valence-corrected chi connectivity index (χ4v) is 3.32. The van der Waals surface area contributed by atoms with E-state index in [1.54, 1.807) is 12.1 Å². The van der Waals surface area contributed by atoms with Crippen molar-refractivity contribution in [3.63, 3.8) is 0 Å². The Labute approximate surface area is 148 Å². The van der Waals surface area contributed by atoms with E-state index in [1.165, 1.54) is 12.1 Å². The molecule has 0 saturated carbocycles. The molecule has 2 heterocycles.